The minimum absolute atomic E-state index is 0.485. The maximum Gasteiger partial charge on any atom is 0.164 e. The highest BCUT2D eigenvalue weighted by Gasteiger charge is 2.43. The predicted octanol–water partition coefficient (Wildman–Crippen LogP) is 3.06. The summed E-state index contributed by atoms with van der Waals surface area (Å²) in [5, 5.41) is 2.60. The van der Waals surface area contributed by atoms with Gasteiger partial charge in [0.1, 0.15) is 0 Å². The van der Waals surface area contributed by atoms with Crippen molar-refractivity contribution in [2.24, 2.45) is 0 Å². The van der Waals surface area contributed by atoms with Gasteiger partial charge in [-0.15, -0.1) is 0 Å². The molecule has 0 heterocycles. The highest BCUT2D eigenvalue weighted by Crippen LogP contribution is 2.38. The van der Waals surface area contributed by atoms with Crippen molar-refractivity contribution in [3.63, 3.8) is 0 Å². The van der Waals surface area contributed by atoms with Crippen LogP contribution in [0.25, 0.3) is 0 Å². The topological polar surface area (TPSA) is 12.0 Å². The molecule has 0 radical (unpaired) electrons. The molecule has 2 fully saturated rings. The second-order valence-electron chi connectivity index (χ2n) is 4.47. The molecular formula is C10H17F2N. The van der Waals surface area contributed by atoms with Gasteiger partial charge in [-0.1, -0.05) is 0 Å². The van der Waals surface area contributed by atoms with Gasteiger partial charge in [-0.25, -0.2) is 8.78 Å². The summed E-state index contributed by atoms with van der Waals surface area (Å²) in [5.41, 5.74) is 0. The molecule has 2 aliphatic carbocycles. The van der Waals surface area contributed by atoms with Gasteiger partial charge in [-0.05, 0) is 51.4 Å². The maximum atomic E-state index is 13.9. The molecule has 0 aliphatic heterocycles. The number of alkyl halides is 2. The highest BCUT2D eigenvalue weighted by molar-refractivity contribution is 4.92. The van der Waals surface area contributed by atoms with Gasteiger partial charge in [0.25, 0.3) is 0 Å². The lowest BCUT2D eigenvalue weighted by Gasteiger charge is -2.30. The van der Waals surface area contributed by atoms with Gasteiger partial charge in [-0.2, -0.15) is 0 Å². The molecule has 0 aromatic rings. The van der Waals surface area contributed by atoms with Gasteiger partial charge in [0.2, 0.25) is 0 Å². The van der Waals surface area contributed by atoms with Gasteiger partial charge in [0.15, 0.2) is 11.6 Å². The second-order valence-corrected chi connectivity index (χ2v) is 4.47. The van der Waals surface area contributed by atoms with Crippen molar-refractivity contribution in [2.75, 3.05) is 0 Å². The van der Waals surface area contributed by atoms with Crippen LogP contribution in [0.15, 0.2) is 0 Å². The van der Waals surface area contributed by atoms with Crippen molar-refractivity contribution in [1.29, 1.82) is 0 Å². The average molecular weight is 189 g/mol. The van der Waals surface area contributed by atoms with Gasteiger partial charge in [-0.3, -0.25) is 5.32 Å². The number of halogens is 2. The molecule has 0 bridgehead atoms. The summed E-state index contributed by atoms with van der Waals surface area (Å²) in [6.07, 6.45) is 5.49. The maximum absolute atomic E-state index is 13.9. The largest absolute Gasteiger partial charge is 0.253 e. The lowest BCUT2D eigenvalue weighted by atomic mass is 10.1. The normalized spacial score (nSPS) is 30.9. The number of hydrogen-bond acceptors (Lipinski definition) is 1. The molecule has 13 heavy (non-hydrogen) atoms. The van der Waals surface area contributed by atoms with Crippen LogP contribution in [-0.4, -0.2) is 11.6 Å². The Balaban J connectivity index is 1.95. The fourth-order valence-corrected chi connectivity index (χ4v) is 2.52. The molecule has 1 nitrogen and oxygen atoms in total. The Kier molecular flexibility index (Phi) is 2.30. The molecule has 3 heteroatoms. The van der Waals surface area contributed by atoms with Gasteiger partial charge >= 0.3 is 0 Å². The lowest BCUT2D eigenvalue weighted by Crippen LogP contribution is -2.50. The van der Waals surface area contributed by atoms with Crippen molar-refractivity contribution < 1.29 is 8.78 Å². The molecule has 76 valence electrons. The van der Waals surface area contributed by atoms with Crippen molar-refractivity contribution >= 4 is 0 Å². The van der Waals surface area contributed by atoms with E-state index in [1.54, 1.807) is 0 Å². The van der Waals surface area contributed by atoms with Crippen LogP contribution in [-0.2, 0) is 0 Å². The van der Waals surface area contributed by atoms with Crippen molar-refractivity contribution in [3.8, 4) is 0 Å². The van der Waals surface area contributed by atoms with Crippen LogP contribution in [0.2, 0.25) is 0 Å². The minimum Gasteiger partial charge on any atom is -0.253 e. The quantitative estimate of drug-likeness (QED) is 0.658. The summed E-state index contributed by atoms with van der Waals surface area (Å²) < 4.78 is 27.7. The van der Waals surface area contributed by atoms with E-state index >= 15 is 0 Å². The molecule has 0 spiro atoms. The zero-order valence-corrected chi connectivity index (χ0v) is 7.91. The van der Waals surface area contributed by atoms with Crippen LogP contribution >= 0.6 is 0 Å². The Morgan fingerprint density at radius 2 is 1.00 bits per heavy atom. The highest BCUT2D eigenvalue weighted by atomic mass is 19.2. The van der Waals surface area contributed by atoms with Gasteiger partial charge < -0.3 is 0 Å². The minimum atomic E-state index is -1.40. The molecule has 2 saturated carbocycles. The summed E-state index contributed by atoms with van der Waals surface area (Å²) in [6.45, 7) is 0. The molecular weight excluding hydrogens is 172 g/mol. The van der Waals surface area contributed by atoms with E-state index in [-0.39, 0.29) is 0 Å². The van der Waals surface area contributed by atoms with E-state index in [9.17, 15) is 8.78 Å². The third-order valence-electron chi connectivity index (χ3n) is 3.24. The number of nitrogens with one attached hydrogen (secondary N) is 1. The van der Waals surface area contributed by atoms with E-state index in [4.69, 9.17) is 0 Å². The summed E-state index contributed by atoms with van der Waals surface area (Å²) in [7, 11) is 0. The van der Waals surface area contributed by atoms with E-state index in [2.05, 4.69) is 5.32 Å². The van der Waals surface area contributed by atoms with E-state index in [0.717, 1.165) is 25.7 Å². The first-order valence-electron chi connectivity index (χ1n) is 5.29. The SMILES string of the molecule is FC1(NC2(F)CCCC2)CCCC1. The second kappa shape index (κ2) is 3.19. The van der Waals surface area contributed by atoms with Crippen molar-refractivity contribution in [2.45, 2.75) is 63.0 Å². The molecule has 0 atom stereocenters. The molecule has 1 N–H and O–H groups in total. The zero-order chi connectivity index (χ0) is 9.36. The molecule has 0 saturated heterocycles. The molecule has 2 aliphatic rings. The smallest absolute Gasteiger partial charge is 0.164 e. The summed E-state index contributed by atoms with van der Waals surface area (Å²) in [4.78, 5) is 0. The molecule has 2 rings (SSSR count). The average Bonchev–Trinajstić information content (AvgIpc) is 2.60. The summed E-state index contributed by atoms with van der Waals surface area (Å²) in [6, 6.07) is 0. The molecule has 0 unspecified atom stereocenters. The van der Waals surface area contributed by atoms with Gasteiger partial charge in [0, 0.05) is 0 Å². The first-order valence-corrected chi connectivity index (χ1v) is 5.29. The van der Waals surface area contributed by atoms with E-state index in [1.807, 2.05) is 0 Å². The first kappa shape index (κ1) is 9.38. The van der Waals surface area contributed by atoms with Crippen LogP contribution in [0.5, 0.6) is 0 Å². The molecule has 0 aromatic carbocycles. The van der Waals surface area contributed by atoms with Gasteiger partial charge in [0.05, 0.1) is 0 Å². The Bertz CT molecular complexity index is 161. The fraction of sp³-hybridized carbons (Fsp3) is 1.00. The zero-order valence-electron chi connectivity index (χ0n) is 7.91. The number of hydrogen-bond donors (Lipinski definition) is 1. The Labute approximate surface area is 77.9 Å². The third kappa shape index (κ3) is 2.01. The monoisotopic (exact) mass is 189 g/mol. The summed E-state index contributed by atoms with van der Waals surface area (Å²) in [5.74, 6) is -2.81. The summed E-state index contributed by atoms with van der Waals surface area (Å²) >= 11 is 0. The van der Waals surface area contributed by atoms with E-state index in [0.29, 0.717) is 25.7 Å². The number of rotatable bonds is 2. The standard InChI is InChI=1S/C10H17F2N/c11-9(5-1-2-6-9)13-10(12)7-3-4-8-10/h13H,1-8H2. The lowest BCUT2D eigenvalue weighted by molar-refractivity contribution is 0.00417. The van der Waals surface area contributed by atoms with Crippen LogP contribution < -0.4 is 5.32 Å². The third-order valence-corrected chi connectivity index (χ3v) is 3.24. The Morgan fingerprint density at radius 3 is 1.31 bits per heavy atom. The van der Waals surface area contributed by atoms with Crippen molar-refractivity contribution in [1.82, 2.24) is 5.32 Å². The van der Waals surface area contributed by atoms with Crippen molar-refractivity contribution in [3.05, 3.63) is 0 Å². The van der Waals surface area contributed by atoms with Crippen LogP contribution in [0.1, 0.15) is 51.4 Å². The molecule has 0 aromatic heterocycles. The predicted molar refractivity (Wildman–Crippen MR) is 47.7 cm³/mol. The fourth-order valence-electron chi connectivity index (χ4n) is 2.52. The van der Waals surface area contributed by atoms with Crippen LogP contribution in [0.4, 0.5) is 8.78 Å². The Hall–Kier alpha value is -0.180. The van der Waals surface area contributed by atoms with Crippen LogP contribution in [0.3, 0.4) is 0 Å². The van der Waals surface area contributed by atoms with Crippen LogP contribution in [0, 0.1) is 0 Å². The molecule has 0 amide bonds. The Morgan fingerprint density at radius 1 is 0.692 bits per heavy atom. The van der Waals surface area contributed by atoms with E-state index in [1.165, 1.54) is 0 Å². The van der Waals surface area contributed by atoms with E-state index < -0.39 is 11.6 Å². The first-order chi connectivity index (χ1) is 6.12.